The Morgan fingerprint density at radius 2 is 1.86 bits per heavy atom. The van der Waals surface area contributed by atoms with Gasteiger partial charge in [-0.3, -0.25) is 14.6 Å². The van der Waals surface area contributed by atoms with Crippen molar-refractivity contribution in [3.63, 3.8) is 0 Å². The van der Waals surface area contributed by atoms with Gasteiger partial charge in [-0.15, -0.1) is 0 Å². The van der Waals surface area contributed by atoms with Crippen molar-refractivity contribution < 1.29 is 22.7 Å². The molecule has 2 atom stereocenters. The lowest BCUT2D eigenvalue weighted by molar-refractivity contribution is -0.218. The van der Waals surface area contributed by atoms with Crippen LogP contribution in [0.15, 0.2) is 30.3 Å². The van der Waals surface area contributed by atoms with Crippen LogP contribution in [0.4, 0.5) is 13.2 Å². The van der Waals surface area contributed by atoms with Crippen LogP contribution in [0.2, 0.25) is 0 Å². The third-order valence-corrected chi connectivity index (χ3v) is 5.59. The summed E-state index contributed by atoms with van der Waals surface area (Å²) in [5.74, 6) is -0.906. The highest BCUT2D eigenvalue weighted by atomic mass is 19.4. The second kappa shape index (κ2) is 8.80. The van der Waals surface area contributed by atoms with E-state index in [1.165, 1.54) is 0 Å². The van der Waals surface area contributed by atoms with E-state index in [1.807, 2.05) is 30.3 Å². The molecule has 0 saturated carbocycles. The Balaban J connectivity index is 1.63. The second-order valence-electron chi connectivity index (χ2n) is 7.81. The fourth-order valence-electron chi connectivity index (χ4n) is 3.99. The van der Waals surface area contributed by atoms with Gasteiger partial charge in [-0.05, 0) is 25.5 Å². The summed E-state index contributed by atoms with van der Waals surface area (Å²) in [5, 5.41) is 2.63. The molecule has 2 aliphatic heterocycles. The molecule has 1 N–H and O–H groups in total. The van der Waals surface area contributed by atoms with Gasteiger partial charge >= 0.3 is 6.18 Å². The SMILES string of the molecule is CC(CN1CCOCC1)NC(=O)C1(C(F)(F)F)CCN(Cc2ccccc2)C1. The van der Waals surface area contributed by atoms with Crippen LogP contribution in [-0.2, 0) is 16.1 Å². The van der Waals surface area contributed by atoms with Gasteiger partial charge in [-0.2, -0.15) is 13.2 Å². The van der Waals surface area contributed by atoms with E-state index in [0.29, 0.717) is 26.3 Å². The highest BCUT2D eigenvalue weighted by Gasteiger charge is 2.63. The molecule has 1 amide bonds. The Hall–Kier alpha value is -1.64. The smallest absolute Gasteiger partial charge is 0.379 e. The van der Waals surface area contributed by atoms with Crippen LogP contribution in [0.3, 0.4) is 0 Å². The van der Waals surface area contributed by atoms with Crippen molar-refractivity contribution in [3.8, 4) is 0 Å². The number of likely N-dealkylation sites (tertiary alicyclic amines) is 1. The molecule has 2 aliphatic rings. The number of alkyl halides is 3. The Morgan fingerprint density at radius 1 is 1.18 bits per heavy atom. The molecule has 5 nitrogen and oxygen atoms in total. The normalized spacial score (nSPS) is 25.6. The minimum absolute atomic E-state index is 0.209. The number of carbonyl (C=O) groups excluding carboxylic acids is 1. The predicted molar refractivity (Wildman–Crippen MR) is 99.7 cm³/mol. The molecule has 2 heterocycles. The molecule has 0 aromatic heterocycles. The Kier molecular flexibility index (Phi) is 6.62. The molecule has 0 aliphatic carbocycles. The van der Waals surface area contributed by atoms with Gasteiger partial charge in [0.05, 0.1) is 13.2 Å². The van der Waals surface area contributed by atoms with E-state index >= 15 is 0 Å². The number of nitrogens with one attached hydrogen (secondary N) is 1. The number of rotatable bonds is 6. The van der Waals surface area contributed by atoms with Gasteiger partial charge in [0.1, 0.15) is 0 Å². The van der Waals surface area contributed by atoms with Crippen molar-refractivity contribution in [2.24, 2.45) is 5.41 Å². The Morgan fingerprint density at radius 3 is 2.50 bits per heavy atom. The number of hydrogen-bond donors (Lipinski definition) is 1. The monoisotopic (exact) mass is 399 g/mol. The van der Waals surface area contributed by atoms with E-state index in [9.17, 15) is 18.0 Å². The minimum Gasteiger partial charge on any atom is -0.379 e. The summed E-state index contributed by atoms with van der Waals surface area (Å²) < 4.78 is 47.2. The fourth-order valence-corrected chi connectivity index (χ4v) is 3.99. The molecule has 2 unspecified atom stereocenters. The maximum Gasteiger partial charge on any atom is 0.404 e. The zero-order valence-corrected chi connectivity index (χ0v) is 16.2. The summed E-state index contributed by atoms with van der Waals surface area (Å²) in [6.45, 7) is 5.33. The van der Waals surface area contributed by atoms with E-state index in [-0.39, 0.29) is 25.6 Å². The first-order valence-electron chi connectivity index (χ1n) is 9.74. The van der Waals surface area contributed by atoms with E-state index < -0.39 is 17.5 Å². The molecule has 2 saturated heterocycles. The van der Waals surface area contributed by atoms with Crippen molar-refractivity contribution >= 4 is 5.91 Å². The molecule has 0 radical (unpaired) electrons. The molecule has 3 rings (SSSR count). The van der Waals surface area contributed by atoms with Crippen LogP contribution >= 0.6 is 0 Å². The number of hydrogen-bond acceptors (Lipinski definition) is 4. The number of carbonyl (C=O) groups is 1. The topological polar surface area (TPSA) is 44.8 Å². The van der Waals surface area contributed by atoms with Gasteiger partial charge in [-0.1, -0.05) is 30.3 Å². The minimum atomic E-state index is -4.58. The van der Waals surface area contributed by atoms with Gasteiger partial charge in [0.15, 0.2) is 5.41 Å². The molecule has 1 aromatic carbocycles. The van der Waals surface area contributed by atoms with Crippen molar-refractivity contribution in [1.82, 2.24) is 15.1 Å². The van der Waals surface area contributed by atoms with Gasteiger partial charge in [-0.25, -0.2) is 0 Å². The van der Waals surface area contributed by atoms with Crippen LogP contribution < -0.4 is 5.32 Å². The van der Waals surface area contributed by atoms with Crippen molar-refractivity contribution in [1.29, 1.82) is 0 Å². The average Bonchev–Trinajstić information content (AvgIpc) is 3.08. The van der Waals surface area contributed by atoms with Crippen molar-refractivity contribution in [2.75, 3.05) is 45.9 Å². The third kappa shape index (κ3) is 4.85. The van der Waals surface area contributed by atoms with Gasteiger partial charge < -0.3 is 10.1 Å². The first-order chi connectivity index (χ1) is 13.3. The van der Waals surface area contributed by atoms with Crippen LogP contribution in [0.5, 0.6) is 0 Å². The molecule has 28 heavy (non-hydrogen) atoms. The average molecular weight is 399 g/mol. The Labute approximate surface area is 163 Å². The standard InChI is InChI=1S/C20H28F3N3O2/c1-16(13-25-9-11-28-12-10-25)24-18(27)19(20(21,22)23)7-8-26(15-19)14-17-5-3-2-4-6-17/h2-6,16H,7-15H2,1H3,(H,24,27). The van der Waals surface area contributed by atoms with Crippen molar-refractivity contribution in [3.05, 3.63) is 35.9 Å². The maximum atomic E-state index is 14.0. The molecule has 8 heteroatoms. The Bertz CT molecular complexity index is 650. The van der Waals surface area contributed by atoms with E-state index in [1.54, 1.807) is 11.8 Å². The zero-order valence-electron chi connectivity index (χ0n) is 16.2. The second-order valence-corrected chi connectivity index (χ2v) is 7.81. The van der Waals surface area contributed by atoms with Crippen molar-refractivity contribution in [2.45, 2.75) is 32.1 Å². The van der Waals surface area contributed by atoms with E-state index in [0.717, 1.165) is 18.7 Å². The first-order valence-corrected chi connectivity index (χ1v) is 9.74. The summed E-state index contributed by atoms with van der Waals surface area (Å²) in [7, 11) is 0. The summed E-state index contributed by atoms with van der Waals surface area (Å²) in [4.78, 5) is 16.6. The van der Waals surface area contributed by atoms with Gasteiger partial charge in [0.2, 0.25) is 5.91 Å². The lowest BCUT2D eigenvalue weighted by atomic mass is 9.85. The molecular weight excluding hydrogens is 371 g/mol. The van der Waals surface area contributed by atoms with E-state index in [2.05, 4.69) is 10.2 Å². The summed E-state index contributed by atoms with van der Waals surface area (Å²) in [6, 6.07) is 9.02. The number of benzene rings is 1. The largest absolute Gasteiger partial charge is 0.404 e. The highest BCUT2D eigenvalue weighted by molar-refractivity contribution is 5.84. The van der Waals surface area contributed by atoms with E-state index in [4.69, 9.17) is 4.74 Å². The van der Waals surface area contributed by atoms with Crippen LogP contribution in [-0.4, -0.2) is 73.9 Å². The summed E-state index contributed by atoms with van der Waals surface area (Å²) >= 11 is 0. The number of morpholine rings is 1. The first kappa shape index (κ1) is 21.1. The van der Waals surface area contributed by atoms with Crippen LogP contribution in [0.25, 0.3) is 0 Å². The van der Waals surface area contributed by atoms with Gasteiger partial charge in [0.25, 0.3) is 0 Å². The molecular formula is C20H28F3N3O2. The maximum absolute atomic E-state index is 14.0. The molecule has 156 valence electrons. The fraction of sp³-hybridized carbons (Fsp3) is 0.650. The molecule has 1 aromatic rings. The number of nitrogens with zero attached hydrogens (tertiary/aromatic N) is 2. The number of amides is 1. The number of ether oxygens (including phenoxy) is 1. The molecule has 0 spiro atoms. The lowest BCUT2D eigenvalue weighted by Crippen LogP contribution is -2.56. The zero-order chi connectivity index (χ0) is 20.2. The van der Waals surface area contributed by atoms with Crippen LogP contribution in [0, 0.1) is 5.41 Å². The molecule has 0 bridgehead atoms. The summed E-state index contributed by atoms with van der Waals surface area (Å²) in [6.07, 6.45) is -4.79. The lowest BCUT2D eigenvalue weighted by Gasteiger charge is -2.34. The van der Waals surface area contributed by atoms with Gasteiger partial charge in [0, 0.05) is 38.8 Å². The number of halogens is 3. The predicted octanol–water partition coefficient (Wildman–Crippen LogP) is 2.28. The van der Waals surface area contributed by atoms with Crippen LogP contribution in [0.1, 0.15) is 18.9 Å². The quantitative estimate of drug-likeness (QED) is 0.797. The molecule has 2 fully saturated rings. The summed E-state index contributed by atoms with van der Waals surface area (Å²) in [5.41, 5.74) is -1.40. The highest BCUT2D eigenvalue weighted by Crippen LogP contribution is 2.46. The third-order valence-electron chi connectivity index (χ3n) is 5.59.